The van der Waals surface area contributed by atoms with Gasteiger partial charge in [0.1, 0.15) is 5.76 Å². The molecule has 1 aliphatic rings. The van der Waals surface area contributed by atoms with Gasteiger partial charge in [-0.3, -0.25) is 0 Å². The van der Waals surface area contributed by atoms with Crippen molar-refractivity contribution in [3.63, 3.8) is 0 Å². The fourth-order valence-electron chi connectivity index (χ4n) is 1.88. The molecule has 20 heavy (non-hydrogen) atoms. The molecule has 2 rings (SSSR count). The SMILES string of the molecule is CO/C(=C1/C=CC=CC1)c1c(F)c(F)c(F)c(F)c1F. The summed E-state index contributed by atoms with van der Waals surface area (Å²) in [5.41, 5.74) is -0.739. The first-order chi connectivity index (χ1) is 9.49. The number of ether oxygens (including phenoxy) is 1. The van der Waals surface area contributed by atoms with Crippen molar-refractivity contribution in [2.45, 2.75) is 6.42 Å². The average molecular weight is 288 g/mol. The predicted octanol–water partition coefficient (Wildman–Crippen LogP) is 4.26. The number of halogens is 5. The Balaban J connectivity index is 2.74. The van der Waals surface area contributed by atoms with Crippen molar-refractivity contribution in [1.82, 2.24) is 0 Å². The Morgan fingerprint density at radius 3 is 1.90 bits per heavy atom. The number of allylic oxidation sites excluding steroid dienone is 5. The second kappa shape index (κ2) is 5.48. The predicted molar refractivity (Wildman–Crippen MR) is 63.1 cm³/mol. The van der Waals surface area contributed by atoms with Gasteiger partial charge >= 0.3 is 0 Å². The Kier molecular flexibility index (Phi) is 3.92. The summed E-state index contributed by atoms with van der Waals surface area (Å²) < 4.78 is 71.7. The van der Waals surface area contributed by atoms with E-state index < -0.39 is 34.6 Å². The van der Waals surface area contributed by atoms with Crippen molar-refractivity contribution in [3.8, 4) is 0 Å². The van der Waals surface area contributed by atoms with E-state index in [9.17, 15) is 22.0 Å². The number of rotatable bonds is 2. The Morgan fingerprint density at radius 2 is 1.45 bits per heavy atom. The third-order valence-electron chi connectivity index (χ3n) is 2.82. The molecule has 0 aromatic heterocycles. The van der Waals surface area contributed by atoms with E-state index in [1.165, 1.54) is 6.08 Å². The van der Waals surface area contributed by atoms with Crippen LogP contribution >= 0.6 is 0 Å². The van der Waals surface area contributed by atoms with Gasteiger partial charge in [0.15, 0.2) is 23.3 Å². The van der Waals surface area contributed by atoms with E-state index in [0.29, 0.717) is 5.57 Å². The third kappa shape index (κ3) is 2.21. The zero-order valence-corrected chi connectivity index (χ0v) is 10.3. The van der Waals surface area contributed by atoms with Crippen LogP contribution in [0.25, 0.3) is 5.76 Å². The van der Waals surface area contributed by atoms with Gasteiger partial charge in [-0.2, -0.15) is 0 Å². The first-order valence-electron chi connectivity index (χ1n) is 5.61. The Labute approximate surface area is 111 Å². The number of benzene rings is 1. The maximum Gasteiger partial charge on any atom is 0.200 e. The van der Waals surface area contributed by atoms with Crippen LogP contribution in [0.4, 0.5) is 22.0 Å². The lowest BCUT2D eigenvalue weighted by Crippen LogP contribution is -2.09. The normalized spacial score (nSPS) is 16.5. The Bertz CT molecular complexity index is 614. The summed E-state index contributed by atoms with van der Waals surface area (Å²) in [6.07, 6.45) is 6.68. The van der Waals surface area contributed by atoms with Crippen LogP contribution in [0.1, 0.15) is 12.0 Å². The molecule has 0 atom stereocenters. The lowest BCUT2D eigenvalue weighted by molar-refractivity contribution is 0.342. The van der Waals surface area contributed by atoms with Gasteiger partial charge in [0.25, 0.3) is 0 Å². The van der Waals surface area contributed by atoms with Crippen LogP contribution in [0.5, 0.6) is 0 Å². The highest BCUT2D eigenvalue weighted by Gasteiger charge is 2.29. The van der Waals surface area contributed by atoms with Crippen LogP contribution in [0.3, 0.4) is 0 Å². The van der Waals surface area contributed by atoms with Gasteiger partial charge in [-0.1, -0.05) is 24.3 Å². The molecule has 0 bridgehead atoms. The van der Waals surface area contributed by atoms with Crippen molar-refractivity contribution in [1.29, 1.82) is 0 Å². The smallest absolute Gasteiger partial charge is 0.200 e. The fourth-order valence-corrected chi connectivity index (χ4v) is 1.88. The van der Waals surface area contributed by atoms with E-state index in [1.807, 2.05) is 0 Å². The van der Waals surface area contributed by atoms with Crippen LogP contribution in [0.15, 0.2) is 29.9 Å². The van der Waals surface area contributed by atoms with E-state index in [4.69, 9.17) is 4.74 Å². The zero-order valence-electron chi connectivity index (χ0n) is 10.3. The summed E-state index contributed by atoms with van der Waals surface area (Å²) in [5.74, 6) is -10.4. The molecule has 0 saturated carbocycles. The minimum absolute atomic E-state index is 0.263. The van der Waals surface area contributed by atoms with Crippen molar-refractivity contribution in [3.05, 3.63) is 64.5 Å². The van der Waals surface area contributed by atoms with Gasteiger partial charge in [0, 0.05) is 0 Å². The summed E-state index contributed by atoms with van der Waals surface area (Å²) in [5, 5.41) is 0. The summed E-state index contributed by atoms with van der Waals surface area (Å²) in [6, 6.07) is 0. The number of methoxy groups -OCH3 is 1. The summed E-state index contributed by atoms with van der Waals surface area (Å²) in [6.45, 7) is 0. The lowest BCUT2D eigenvalue weighted by Gasteiger charge is -2.15. The van der Waals surface area contributed by atoms with Crippen LogP contribution in [-0.4, -0.2) is 7.11 Å². The molecule has 1 aliphatic carbocycles. The molecule has 1 aromatic carbocycles. The molecule has 0 N–H and O–H groups in total. The van der Waals surface area contributed by atoms with Crippen molar-refractivity contribution >= 4 is 5.76 Å². The highest BCUT2D eigenvalue weighted by molar-refractivity contribution is 5.68. The molecule has 0 saturated heterocycles. The van der Waals surface area contributed by atoms with Crippen molar-refractivity contribution < 1.29 is 26.7 Å². The maximum atomic E-state index is 13.7. The molecular formula is C14H9F5O. The zero-order chi connectivity index (χ0) is 14.9. The number of hydrogen-bond acceptors (Lipinski definition) is 1. The standard InChI is InChI=1S/C14H9F5O/c1-20-14(7-5-3-2-4-6-7)8-9(15)11(17)13(19)12(18)10(8)16/h2-5H,6H2,1H3/b14-7-. The monoisotopic (exact) mass is 288 g/mol. The summed E-state index contributed by atoms with van der Waals surface area (Å²) >= 11 is 0. The molecule has 0 radical (unpaired) electrons. The molecule has 0 heterocycles. The van der Waals surface area contributed by atoms with E-state index in [2.05, 4.69) is 0 Å². The molecular weight excluding hydrogens is 279 g/mol. The van der Waals surface area contributed by atoms with Crippen LogP contribution in [-0.2, 0) is 4.74 Å². The molecule has 1 aromatic rings. The molecule has 0 spiro atoms. The molecule has 0 amide bonds. The van der Waals surface area contributed by atoms with Gasteiger partial charge in [-0.15, -0.1) is 0 Å². The molecule has 106 valence electrons. The minimum atomic E-state index is -2.19. The van der Waals surface area contributed by atoms with E-state index in [1.54, 1.807) is 18.2 Å². The van der Waals surface area contributed by atoms with E-state index in [-0.39, 0.29) is 12.2 Å². The highest BCUT2D eigenvalue weighted by atomic mass is 19.2. The molecule has 6 heteroatoms. The van der Waals surface area contributed by atoms with Crippen LogP contribution < -0.4 is 0 Å². The third-order valence-corrected chi connectivity index (χ3v) is 2.82. The summed E-state index contributed by atoms with van der Waals surface area (Å²) in [7, 11) is 1.10. The van der Waals surface area contributed by atoms with E-state index in [0.717, 1.165) is 7.11 Å². The minimum Gasteiger partial charge on any atom is -0.496 e. The Hall–Kier alpha value is -2.11. The molecule has 0 aliphatic heterocycles. The van der Waals surface area contributed by atoms with Gasteiger partial charge < -0.3 is 4.74 Å². The second-order valence-corrected chi connectivity index (χ2v) is 3.99. The van der Waals surface area contributed by atoms with Gasteiger partial charge in [-0.05, 0) is 12.0 Å². The quantitative estimate of drug-likeness (QED) is 0.342. The molecule has 0 fully saturated rings. The van der Waals surface area contributed by atoms with Gasteiger partial charge in [0.2, 0.25) is 5.82 Å². The highest BCUT2D eigenvalue weighted by Crippen LogP contribution is 2.32. The molecule has 1 nitrogen and oxygen atoms in total. The Morgan fingerprint density at radius 1 is 0.900 bits per heavy atom. The molecule has 0 unspecified atom stereocenters. The average Bonchev–Trinajstić information content (AvgIpc) is 2.48. The van der Waals surface area contributed by atoms with Crippen LogP contribution in [0, 0.1) is 29.1 Å². The van der Waals surface area contributed by atoms with Crippen molar-refractivity contribution in [2.75, 3.05) is 7.11 Å². The van der Waals surface area contributed by atoms with Gasteiger partial charge in [0.05, 0.1) is 12.7 Å². The van der Waals surface area contributed by atoms with E-state index >= 15 is 0 Å². The second-order valence-electron chi connectivity index (χ2n) is 3.99. The van der Waals surface area contributed by atoms with Gasteiger partial charge in [-0.25, -0.2) is 22.0 Å². The first-order valence-corrected chi connectivity index (χ1v) is 5.61. The summed E-state index contributed by atoms with van der Waals surface area (Å²) in [4.78, 5) is 0. The first kappa shape index (κ1) is 14.3. The number of hydrogen-bond donors (Lipinski definition) is 0. The van der Waals surface area contributed by atoms with Crippen LogP contribution in [0.2, 0.25) is 0 Å². The largest absolute Gasteiger partial charge is 0.496 e. The topological polar surface area (TPSA) is 9.23 Å². The lowest BCUT2D eigenvalue weighted by atomic mass is 10.0. The maximum absolute atomic E-state index is 13.7. The fraction of sp³-hybridized carbons (Fsp3) is 0.143. The van der Waals surface area contributed by atoms with Crippen molar-refractivity contribution in [2.24, 2.45) is 0 Å².